The van der Waals surface area contributed by atoms with Gasteiger partial charge < -0.3 is 23.8 Å². The first-order chi connectivity index (χ1) is 20.5. The number of aromatic nitrogens is 3. The van der Waals surface area contributed by atoms with Gasteiger partial charge in [0.25, 0.3) is 5.91 Å². The predicted octanol–water partition coefficient (Wildman–Crippen LogP) is 5.17. The van der Waals surface area contributed by atoms with Crippen LogP contribution in [-0.2, 0) is 9.53 Å². The number of aromatic amines is 1. The Bertz CT molecular complexity index is 1780. The molecule has 0 aliphatic rings. The minimum Gasteiger partial charge on any atom is -0.493 e. The molecule has 2 heterocycles. The quantitative estimate of drug-likeness (QED) is 0.141. The average Bonchev–Trinajstić information content (AvgIpc) is 3.25. The standard InChI is InChI=1S/C30H29Cl2N5O6/c1-6-42-29(39)27-17(3)34-30(40)35-28(27)19-7-10-24(25(12-19)41-5)43-15-26(38)36-33-14-20-11-16(2)37(18(20)4)21-8-9-22(31)23(32)13-21/h7-14H,6,15H2,1-5H3,(H,36,38)(H,34,35,40)/b33-14-. The van der Waals surface area contributed by atoms with Crippen molar-refractivity contribution in [3.8, 4) is 28.4 Å². The van der Waals surface area contributed by atoms with E-state index in [1.165, 1.54) is 7.11 Å². The van der Waals surface area contributed by atoms with Crippen molar-refractivity contribution in [2.75, 3.05) is 20.3 Å². The lowest BCUT2D eigenvalue weighted by Gasteiger charge is -2.14. The minimum atomic E-state index is -0.619. The third kappa shape index (κ3) is 7.07. The second-order valence-corrected chi connectivity index (χ2v) is 10.1. The summed E-state index contributed by atoms with van der Waals surface area (Å²) < 4.78 is 18.2. The van der Waals surface area contributed by atoms with Crippen LogP contribution >= 0.6 is 23.2 Å². The number of rotatable bonds is 10. The summed E-state index contributed by atoms with van der Waals surface area (Å²) in [6.07, 6.45) is 1.54. The van der Waals surface area contributed by atoms with Crippen LogP contribution in [-0.4, -0.2) is 52.9 Å². The van der Waals surface area contributed by atoms with Gasteiger partial charge in [-0.3, -0.25) is 4.79 Å². The van der Waals surface area contributed by atoms with Crippen LogP contribution in [0.4, 0.5) is 0 Å². The Morgan fingerprint density at radius 1 is 1.07 bits per heavy atom. The number of hydrogen-bond donors (Lipinski definition) is 2. The highest BCUT2D eigenvalue weighted by molar-refractivity contribution is 6.42. The van der Waals surface area contributed by atoms with Gasteiger partial charge in [0.1, 0.15) is 5.56 Å². The molecule has 0 fully saturated rings. The molecule has 1 amide bonds. The van der Waals surface area contributed by atoms with Crippen LogP contribution in [0.3, 0.4) is 0 Å². The van der Waals surface area contributed by atoms with Crippen molar-refractivity contribution >= 4 is 41.3 Å². The summed E-state index contributed by atoms with van der Waals surface area (Å²) in [5.74, 6) is -0.600. The smallest absolute Gasteiger partial charge is 0.345 e. The fourth-order valence-corrected chi connectivity index (χ4v) is 4.76. The summed E-state index contributed by atoms with van der Waals surface area (Å²) in [5.41, 5.74) is 6.34. The number of nitrogens with one attached hydrogen (secondary N) is 2. The molecule has 0 saturated heterocycles. The van der Waals surface area contributed by atoms with Crippen LogP contribution in [0.5, 0.6) is 11.5 Å². The van der Waals surface area contributed by atoms with Crippen LogP contribution in [0, 0.1) is 20.8 Å². The van der Waals surface area contributed by atoms with Gasteiger partial charge in [0.05, 0.1) is 35.7 Å². The number of hydrogen-bond acceptors (Lipinski definition) is 8. The number of halogens is 2. The fraction of sp³-hybridized carbons (Fsp3) is 0.233. The SMILES string of the molecule is CCOC(=O)c1c(-c2ccc(OCC(=O)N/N=C\c3cc(C)n(-c4ccc(Cl)c(Cl)c4)c3C)c(OC)c2)nc(=O)[nH]c1C. The predicted molar refractivity (Wildman–Crippen MR) is 164 cm³/mol. The zero-order valence-corrected chi connectivity index (χ0v) is 25.6. The molecule has 0 atom stereocenters. The van der Waals surface area contributed by atoms with E-state index < -0.39 is 17.6 Å². The van der Waals surface area contributed by atoms with Gasteiger partial charge in [0, 0.05) is 33.9 Å². The summed E-state index contributed by atoms with van der Waals surface area (Å²) in [6, 6.07) is 12.0. The van der Waals surface area contributed by atoms with Crippen molar-refractivity contribution in [1.29, 1.82) is 0 Å². The first kappa shape index (κ1) is 31.3. The maximum atomic E-state index is 12.6. The summed E-state index contributed by atoms with van der Waals surface area (Å²) in [6.45, 7) is 6.94. The molecule has 0 spiro atoms. The van der Waals surface area contributed by atoms with Crippen molar-refractivity contribution in [2.24, 2.45) is 5.10 Å². The van der Waals surface area contributed by atoms with E-state index in [1.807, 2.05) is 30.5 Å². The maximum absolute atomic E-state index is 12.6. The topological polar surface area (TPSA) is 137 Å². The number of methoxy groups -OCH3 is 1. The third-order valence-corrected chi connectivity index (χ3v) is 7.16. The molecule has 4 aromatic rings. The highest BCUT2D eigenvalue weighted by Gasteiger charge is 2.21. The monoisotopic (exact) mass is 625 g/mol. The van der Waals surface area contributed by atoms with Crippen LogP contribution in [0.2, 0.25) is 10.0 Å². The number of carbonyl (C=O) groups is 2. The number of esters is 1. The number of carbonyl (C=O) groups excluding carboxylic acids is 2. The highest BCUT2D eigenvalue weighted by Crippen LogP contribution is 2.33. The van der Waals surface area contributed by atoms with Gasteiger partial charge in [0.15, 0.2) is 18.1 Å². The van der Waals surface area contributed by atoms with Crippen LogP contribution in [0.15, 0.2) is 52.4 Å². The molecule has 4 rings (SSSR count). The number of aryl methyl sites for hydroxylation is 2. The first-order valence-electron chi connectivity index (χ1n) is 13.1. The molecule has 0 bridgehead atoms. The van der Waals surface area contributed by atoms with Gasteiger partial charge in [-0.1, -0.05) is 23.2 Å². The number of hydrazone groups is 1. The van der Waals surface area contributed by atoms with Gasteiger partial charge in [-0.15, -0.1) is 0 Å². The number of H-pyrrole nitrogens is 1. The molecular formula is C30H29Cl2N5O6. The van der Waals surface area contributed by atoms with E-state index in [9.17, 15) is 14.4 Å². The van der Waals surface area contributed by atoms with Crippen LogP contribution in [0.1, 0.15) is 39.9 Å². The number of benzene rings is 2. The molecule has 0 aliphatic heterocycles. The average molecular weight is 626 g/mol. The van der Waals surface area contributed by atoms with Crippen LogP contribution < -0.4 is 20.6 Å². The molecule has 13 heteroatoms. The molecule has 0 aliphatic carbocycles. The van der Waals surface area contributed by atoms with Crippen molar-refractivity contribution in [3.05, 3.63) is 91.2 Å². The Morgan fingerprint density at radius 2 is 1.84 bits per heavy atom. The van der Waals surface area contributed by atoms with Crippen molar-refractivity contribution in [3.63, 3.8) is 0 Å². The lowest BCUT2D eigenvalue weighted by atomic mass is 10.0. The summed E-state index contributed by atoms with van der Waals surface area (Å²) in [7, 11) is 1.42. The normalized spacial score (nSPS) is 11.0. The summed E-state index contributed by atoms with van der Waals surface area (Å²) >= 11 is 12.2. The van der Waals surface area contributed by atoms with Gasteiger partial charge >= 0.3 is 11.7 Å². The lowest BCUT2D eigenvalue weighted by Crippen LogP contribution is -2.24. The van der Waals surface area contributed by atoms with Gasteiger partial charge in [-0.2, -0.15) is 10.1 Å². The van der Waals surface area contributed by atoms with Crippen molar-refractivity contribution < 1.29 is 23.8 Å². The number of amides is 1. The molecule has 11 nitrogen and oxygen atoms in total. The van der Waals surface area contributed by atoms with Gasteiger partial charge in [-0.25, -0.2) is 15.0 Å². The van der Waals surface area contributed by atoms with E-state index in [0.717, 1.165) is 22.6 Å². The molecule has 224 valence electrons. The highest BCUT2D eigenvalue weighted by atomic mass is 35.5. The lowest BCUT2D eigenvalue weighted by molar-refractivity contribution is -0.123. The largest absolute Gasteiger partial charge is 0.493 e. The maximum Gasteiger partial charge on any atom is 0.345 e. The number of nitrogens with zero attached hydrogens (tertiary/aromatic N) is 3. The van der Waals surface area contributed by atoms with Gasteiger partial charge in [-0.05, 0) is 70.2 Å². The molecule has 2 N–H and O–H groups in total. The summed E-state index contributed by atoms with van der Waals surface area (Å²) in [4.78, 5) is 43.6. The Labute approximate surface area is 257 Å². The first-order valence-corrected chi connectivity index (χ1v) is 13.8. The third-order valence-electron chi connectivity index (χ3n) is 6.42. The van der Waals surface area contributed by atoms with Crippen molar-refractivity contribution in [1.82, 2.24) is 20.0 Å². The second-order valence-electron chi connectivity index (χ2n) is 9.32. The zero-order valence-electron chi connectivity index (χ0n) is 24.1. The zero-order chi connectivity index (χ0) is 31.3. The Hall–Kier alpha value is -4.61. The molecule has 0 radical (unpaired) electrons. The van der Waals surface area contributed by atoms with E-state index in [-0.39, 0.29) is 36.0 Å². The van der Waals surface area contributed by atoms with E-state index >= 15 is 0 Å². The molecule has 0 saturated carbocycles. The van der Waals surface area contributed by atoms with Crippen molar-refractivity contribution in [2.45, 2.75) is 27.7 Å². The van der Waals surface area contributed by atoms with E-state index in [4.69, 9.17) is 37.4 Å². The molecule has 43 heavy (non-hydrogen) atoms. The number of ether oxygens (including phenoxy) is 3. The van der Waals surface area contributed by atoms with Crippen LogP contribution in [0.25, 0.3) is 16.9 Å². The van der Waals surface area contributed by atoms with E-state index in [1.54, 1.807) is 50.4 Å². The molecule has 0 unspecified atom stereocenters. The summed E-state index contributed by atoms with van der Waals surface area (Å²) in [5, 5.41) is 4.98. The molecular weight excluding hydrogens is 597 g/mol. The van der Waals surface area contributed by atoms with E-state index in [0.29, 0.717) is 21.3 Å². The molecule has 2 aromatic carbocycles. The Balaban J connectivity index is 1.45. The minimum absolute atomic E-state index is 0.132. The Morgan fingerprint density at radius 3 is 2.53 bits per heavy atom. The van der Waals surface area contributed by atoms with Gasteiger partial charge in [0.2, 0.25) is 0 Å². The second kappa shape index (κ2) is 13.6. The van der Waals surface area contributed by atoms with E-state index in [2.05, 4.69) is 20.5 Å². The molecule has 2 aromatic heterocycles. The Kier molecular flexibility index (Phi) is 9.89. The fourth-order valence-electron chi connectivity index (χ4n) is 4.47.